The molecule has 3 unspecified atom stereocenters. The molecule has 0 N–H and O–H groups in total. The van der Waals surface area contributed by atoms with Gasteiger partial charge in [-0.1, -0.05) is 30.7 Å². The fourth-order valence-corrected chi connectivity index (χ4v) is 6.31. The Bertz CT molecular complexity index is 1630. The summed E-state index contributed by atoms with van der Waals surface area (Å²) in [6.07, 6.45) is 9.25. The number of hydrogen-bond acceptors (Lipinski definition) is 6. The van der Waals surface area contributed by atoms with Crippen LogP contribution in [0.25, 0.3) is 16.8 Å². The van der Waals surface area contributed by atoms with Crippen LogP contribution in [0.5, 0.6) is 0 Å². The number of halogens is 1. The van der Waals surface area contributed by atoms with E-state index in [2.05, 4.69) is 22.3 Å². The lowest BCUT2D eigenvalue weighted by molar-refractivity contribution is 0.0591. The van der Waals surface area contributed by atoms with Gasteiger partial charge in [0.05, 0.1) is 30.4 Å². The number of benzene rings is 2. The topological polar surface area (TPSA) is 95.1 Å². The molecule has 1 amide bonds. The number of likely N-dealkylation sites (tertiary alicyclic amines) is 1. The molecule has 6 rings (SSSR count). The van der Waals surface area contributed by atoms with E-state index in [0.29, 0.717) is 23.2 Å². The van der Waals surface area contributed by atoms with Crippen LogP contribution in [-0.2, 0) is 11.8 Å². The molecule has 2 fully saturated rings. The largest absolute Gasteiger partial charge is 0.465 e. The molecule has 4 aromatic rings. The van der Waals surface area contributed by atoms with Crippen molar-refractivity contribution in [2.75, 3.05) is 13.7 Å². The summed E-state index contributed by atoms with van der Waals surface area (Å²) in [6.45, 7) is 2.83. The summed E-state index contributed by atoms with van der Waals surface area (Å²) < 4.78 is 23.5. The number of aryl methyl sites for hydroxylation is 1. The quantitative estimate of drug-likeness (QED) is 0.254. The van der Waals surface area contributed by atoms with Gasteiger partial charge in [-0.2, -0.15) is 5.10 Å². The molecule has 0 spiro atoms. The molecular weight excluding hydrogens is 535 g/mol. The van der Waals surface area contributed by atoms with E-state index in [9.17, 15) is 14.0 Å². The lowest BCUT2D eigenvalue weighted by atomic mass is 9.96. The lowest BCUT2D eigenvalue weighted by Gasteiger charge is -2.36. The van der Waals surface area contributed by atoms with Crippen LogP contribution < -0.4 is 0 Å². The Kier molecular flexibility index (Phi) is 7.62. The molecule has 1 aliphatic heterocycles. The maximum atomic E-state index is 15.0. The number of amides is 1. The second-order valence-electron chi connectivity index (χ2n) is 11.3. The summed E-state index contributed by atoms with van der Waals surface area (Å²) in [6, 6.07) is 12.3. The highest BCUT2D eigenvalue weighted by molar-refractivity contribution is 5.96. The van der Waals surface area contributed by atoms with Crippen LogP contribution in [0.2, 0.25) is 0 Å². The molecule has 2 aliphatic rings. The zero-order valence-corrected chi connectivity index (χ0v) is 24.2. The van der Waals surface area contributed by atoms with Crippen molar-refractivity contribution in [3.8, 4) is 16.8 Å². The molecule has 2 aromatic heterocycles. The van der Waals surface area contributed by atoms with E-state index in [4.69, 9.17) is 4.74 Å². The summed E-state index contributed by atoms with van der Waals surface area (Å²) in [7, 11) is 3.18. The Morgan fingerprint density at radius 3 is 2.71 bits per heavy atom. The van der Waals surface area contributed by atoms with Gasteiger partial charge in [-0.3, -0.25) is 9.48 Å². The van der Waals surface area contributed by atoms with Crippen molar-refractivity contribution in [3.05, 3.63) is 83.2 Å². The number of rotatable bonds is 8. The summed E-state index contributed by atoms with van der Waals surface area (Å²) in [5.41, 5.74) is 4.45. The van der Waals surface area contributed by atoms with E-state index >= 15 is 0 Å². The van der Waals surface area contributed by atoms with Gasteiger partial charge in [0, 0.05) is 43.2 Å². The van der Waals surface area contributed by atoms with Crippen molar-refractivity contribution in [3.63, 3.8) is 0 Å². The summed E-state index contributed by atoms with van der Waals surface area (Å²) in [5, 5.41) is 12.9. The SMILES string of the molecule is CCCC1CCCCN1C(=O)c1cc(F)cc(-c2cccc(-n3ncc(C(=O)OC)c3C3CC3c3cn(C)nn3)c2)c1. The second-order valence-corrected chi connectivity index (χ2v) is 11.3. The van der Waals surface area contributed by atoms with E-state index in [1.807, 2.05) is 42.4 Å². The van der Waals surface area contributed by atoms with Crippen LogP contribution in [0.15, 0.2) is 54.9 Å². The van der Waals surface area contributed by atoms with E-state index < -0.39 is 11.8 Å². The summed E-state index contributed by atoms with van der Waals surface area (Å²) in [4.78, 5) is 28.2. The molecule has 9 nitrogen and oxygen atoms in total. The van der Waals surface area contributed by atoms with Crippen LogP contribution in [0.1, 0.15) is 89.4 Å². The standard InChI is InChI=1S/C32H35FN6O3/c1-4-8-24-10-5-6-12-38(24)31(40)22-13-21(14-23(33)15-22)20-9-7-11-25(16-20)39-30(28(18-34-39)32(41)42-3)27-17-26(27)29-19-37(2)36-35-29/h7,9,11,13-16,18-19,24,26-27H,4-6,8,10,12,17H2,1-3H3. The lowest BCUT2D eigenvalue weighted by Crippen LogP contribution is -2.43. The van der Waals surface area contributed by atoms with E-state index in [1.54, 1.807) is 15.4 Å². The highest BCUT2D eigenvalue weighted by Gasteiger charge is 2.46. The zero-order chi connectivity index (χ0) is 29.4. The fourth-order valence-electron chi connectivity index (χ4n) is 6.31. The monoisotopic (exact) mass is 570 g/mol. The van der Waals surface area contributed by atoms with Gasteiger partial charge < -0.3 is 9.64 Å². The number of nitrogens with zero attached hydrogens (tertiary/aromatic N) is 6. The molecule has 1 saturated heterocycles. The molecule has 0 radical (unpaired) electrons. The maximum absolute atomic E-state index is 15.0. The molecule has 3 heterocycles. The first-order valence-electron chi connectivity index (χ1n) is 14.6. The van der Waals surface area contributed by atoms with Gasteiger partial charge in [0.15, 0.2) is 0 Å². The molecular formula is C32H35FN6O3. The number of aromatic nitrogens is 5. The Morgan fingerprint density at radius 2 is 1.95 bits per heavy atom. The number of piperidine rings is 1. The molecule has 42 heavy (non-hydrogen) atoms. The molecule has 0 bridgehead atoms. The third-order valence-corrected chi connectivity index (χ3v) is 8.43. The first kappa shape index (κ1) is 27.8. The highest BCUT2D eigenvalue weighted by Crippen LogP contribution is 2.55. The smallest absolute Gasteiger partial charge is 0.341 e. The van der Waals surface area contributed by atoms with Crippen LogP contribution in [0.3, 0.4) is 0 Å². The first-order chi connectivity index (χ1) is 20.4. The van der Waals surface area contributed by atoms with Crippen molar-refractivity contribution < 1.29 is 18.7 Å². The zero-order valence-electron chi connectivity index (χ0n) is 24.2. The van der Waals surface area contributed by atoms with Crippen LogP contribution in [0, 0.1) is 5.82 Å². The summed E-state index contributed by atoms with van der Waals surface area (Å²) >= 11 is 0. The predicted octanol–water partition coefficient (Wildman–Crippen LogP) is 5.66. The van der Waals surface area contributed by atoms with Crippen LogP contribution in [0.4, 0.5) is 4.39 Å². The number of esters is 1. The van der Waals surface area contributed by atoms with Crippen molar-refractivity contribution in [2.24, 2.45) is 7.05 Å². The summed E-state index contributed by atoms with van der Waals surface area (Å²) in [5.74, 6) is -0.900. The van der Waals surface area contributed by atoms with Crippen molar-refractivity contribution >= 4 is 11.9 Å². The normalized spacial score (nSPS) is 20.0. The van der Waals surface area contributed by atoms with E-state index in [0.717, 1.165) is 61.2 Å². The van der Waals surface area contributed by atoms with Crippen molar-refractivity contribution in [1.29, 1.82) is 0 Å². The van der Waals surface area contributed by atoms with Gasteiger partial charge in [-0.25, -0.2) is 13.9 Å². The third kappa shape index (κ3) is 5.33. The maximum Gasteiger partial charge on any atom is 0.341 e. The van der Waals surface area contributed by atoms with Gasteiger partial charge in [0.25, 0.3) is 5.91 Å². The number of methoxy groups -OCH3 is 1. The molecule has 3 atom stereocenters. The van der Waals surface area contributed by atoms with Gasteiger partial charge >= 0.3 is 5.97 Å². The van der Waals surface area contributed by atoms with Crippen molar-refractivity contribution in [1.82, 2.24) is 29.7 Å². The highest BCUT2D eigenvalue weighted by atomic mass is 19.1. The number of carbonyl (C=O) groups is 2. The van der Waals surface area contributed by atoms with Crippen molar-refractivity contribution in [2.45, 2.75) is 63.3 Å². The molecule has 1 saturated carbocycles. The molecule has 218 valence electrons. The number of hydrogen-bond donors (Lipinski definition) is 0. The average molecular weight is 571 g/mol. The van der Waals surface area contributed by atoms with Gasteiger partial charge in [-0.05, 0) is 73.6 Å². The second kappa shape index (κ2) is 11.5. The van der Waals surface area contributed by atoms with Crippen LogP contribution >= 0.6 is 0 Å². The minimum absolute atomic E-state index is 0.0148. The first-order valence-corrected chi connectivity index (χ1v) is 14.6. The number of ether oxygens (including phenoxy) is 1. The predicted molar refractivity (Wildman–Crippen MR) is 155 cm³/mol. The van der Waals surface area contributed by atoms with Gasteiger partial charge in [0.1, 0.15) is 11.4 Å². The van der Waals surface area contributed by atoms with Crippen LogP contribution in [-0.4, -0.2) is 61.2 Å². The number of carbonyl (C=O) groups excluding carboxylic acids is 2. The minimum Gasteiger partial charge on any atom is -0.465 e. The van der Waals surface area contributed by atoms with E-state index in [-0.39, 0.29) is 23.8 Å². The molecule has 2 aromatic carbocycles. The Hall–Kier alpha value is -4.34. The molecule has 10 heteroatoms. The van der Waals surface area contributed by atoms with Gasteiger partial charge in [-0.15, -0.1) is 5.10 Å². The minimum atomic E-state index is -0.456. The Morgan fingerprint density at radius 1 is 1.10 bits per heavy atom. The third-order valence-electron chi connectivity index (χ3n) is 8.43. The average Bonchev–Trinajstić information content (AvgIpc) is 3.45. The molecule has 1 aliphatic carbocycles. The van der Waals surface area contributed by atoms with E-state index in [1.165, 1.54) is 25.4 Å². The Balaban J connectivity index is 1.34. The fraction of sp³-hybridized carbons (Fsp3) is 0.406. The Labute approximate surface area is 244 Å². The van der Waals surface area contributed by atoms with Gasteiger partial charge in [0.2, 0.25) is 0 Å².